The van der Waals surface area contributed by atoms with Gasteiger partial charge in [0.25, 0.3) is 0 Å². The Kier molecular flexibility index (Phi) is 3.39. The Morgan fingerprint density at radius 2 is 1.94 bits per heavy atom. The molecule has 1 saturated heterocycles. The van der Waals surface area contributed by atoms with Gasteiger partial charge in [0.2, 0.25) is 0 Å². The van der Waals surface area contributed by atoms with E-state index in [0.717, 1.165) is 37.4 Å². The standard InChI is InChI=1S/C12H20N4/c1-9(13)11-3-7-16(8-4-11)12-10(2)14-5-6-15-12/h5-6,9,11H,3-4,7-8,13H2,1-2H3. The van der Waals surface area contributed by atoms with Gasteiger partial charge in [-0.1, -0.05) is 0 Å². The quantitative estimate of drug-likeness (QED) is 0.817. The van der Waals surface area contributed by atoms with Crippen LogP contribution in [0.1, 0.15) is 25.5 Å². The van der Waals surface area contributed by atoms with E-state index in [1.54, 1.807) is 12.4 Å². The first-order valence-electron chi connectivity index (χ1n) is 5.96. The average Bonchev–Trinajstić information content (AvgIpc) is 2.30. The molecular weight excluding hydrogens is 200 g/mol. The zero-order valence-corrected chi connectivity index (χ0v) is 10.1. The smallest absolute Gasteiger partial charge is 0.150 e. The van der Waals surface area contributed by atoms with Crippen molar-refractivity contribution in [2.75, 3.05) is 18.0 Å². The zero-order chi connectivity index (χ0) is 11.5. The minimum Gasteiger partial charge on any atom is -0.355 e. The Labute approximate surface area is 96.9 Å². The molecule has 16 heavy (non-hydrogen) atoms. The third-order valence-electron chi connectivity index (χ3n) is 3.44. The number of hydrogen-bond acceptors (Lipinski definition) is 4. The number of hydrogen-bond donors (Lipinski definition) is 1. The fraction of sp³-hybridized carbons (Fsp3) is 0.667. The van der Waals surface area contributed by atoms with Gasteiger partial charge in [0.1, 0.15) is 5.82 Å². The predicted molar refractivity (Wildman–Crippen MR) is 65.4 cm³/mol. The van der Waals surface area contributed by atoms with Crippen molar-refractivity contribution in [2.24, 2.45) is 11.7 Å². The van der Waals surface area contributed by atoms with Gasteiger partial charge in [0, 0.05) is 31.5 Å². The molecular formula is C12H20N4. The van der Waals surface area contributed by atoms with Crippen molar-refractivity contribution in [3.8, 4) is 0 Å². The maximum absolute atomic E-state index is 5.93. The van der Waals surface area contributed by atoms with Crippen LogP contribution in [-0.2, 0) is 0 Å². The Hall–Kier alpha value is -1.16. The Balaban J connectivity index is 2.02. The third kappa shape index (κ3) is 2.32. The van der Waals surface area contributed by atoms with E-state index in [2.05, 4.69) is 21.8 Å². The number of piperidine rings is 1. The summed E-state index contributed by atoms with van der Waals surface area (Å²) in [6.45, 7) is 6.21. The molecule has 2 heterocycles. The summed E-state index contributed by atoms with van der Waals surface area (Å²) in [6.07, 6.45) is 5.83. The summed E-state index contributed by atoms with van der Waals surface area (Å²) in [6, 6.07) is 0.310. The van der Waals surface area contributed by atoms with Gasteiger partial charge in [-0.25, -0.2) is 4.98 Å². The second-order valence-corrected chi connectivity index (χ2v) is 4.65. The summed E-state index contributed by atoms with van der Waals surface area (Å²) >= 11 is 0. The van der Waals surface area contributed by atoms with Crippen LogP contribution in [0.4, 0.5) is 5.82 Å². The van der Waals surface area contributed by atoms with Gasteiger partial charge in [0.05, 0.1) is 5.69 Å². The number of rotatable bonds is 2. The minimum atomic E-state index is 0.310. The summed E-state index contributed by atoms with van der Waals surface area (Å²) in [5.74, 6) is 1.69. The maximum atomic E-state index is 5.93. The molecule has 4 nitrogen and oxygen atoms in total. The van der Waals surface area contributed by atoms with Gasteiger partial charge in [0.15, 0.2) is 0 Å². The van der Waals surface area contributed by atoms with Crippen LogP contribution in [0.25, 0.3) is 0 Å². The first kappa shape index (κ1) is 11.3. The van der Waals surface area contributed by atoms with Gasteiger partial charge in [-0.15, -0.1) is 0 Å². The highest BCUT2D eigenvalue weighted by Gasteiger charge is 2.23. The van der Waals surface area contributed by atoms with E-state index >= 15 is 0 Å². The normalized spacial score (nSPS) is 19.8. The lowest BCUT2D eigenvalue weighted by atomic mass is 9.91. The van der Waals surface area contributed by atoms with Crippen LogP contribution in [0.15, 0.2) is 12.4 Å². The highest BCUT2D eigenvalue weighted by Crippen LogP contribution is 2.24. The van der Waals surface area contributed by atoms with E-state index in [4.69, 9.17) is 5.73 Å². The average molecular weight is 220 g/mol. The molecule has 1 aliphatic rings. The summed E-state index contributed by atoms with van der Waals surface area (Å²) < 4.78 is 0. The van der Waals surface area contributed by atoms with Crippen molar-refractivity contribution in [1.82, 2.24) is 9.97 Å². The van der Waals surface area contributed by atoms with Gasteiger partial charge in [-0.2, -0.15) is 0 Å². The summed E-state index contributed by atoms with van der Waals surface area (Å²) in [4.78, 5) is 11.0. The van der Waals surface area contributed by atoms with E-state index in [1.807, 2.05) is 6.92 Å². The molecule has 1 atom stereocenters. The SMILES string of the molecule is Cc1nccnc1N1CCC(C(C)N)CC1. The van der Waals surface area contributed by atoms with E-state index in [0.29, 0.717) is 12.0 Å². The van der Waals surface area contributed by atoms with E-state index < -0.39 is 0 Å². The molecule has 0 aliphatic carbocycles. The molecule has 1 aromatic heterocycles. The van der Waals surface area contributed by atoms with Crippen molar-refractivity contribution in [3.05, 3.63) is 18.1 Å². The highest BCUT2D eigenvalue weighted by atomic mass is 15.2. The van der Waals surface area contributed by atoms with Crippen LogP contribution < -0.4 is 10.6 Å². The molecule has 1 unspecified atom stereocenters. The molecule has 0 spiro atoms. The molecule has 88 valence electrons. The minimum absolute atomic E-state index is 0.310. The molecule has 2 rings (SSSR count). The third-order valence-corrected chi connectivity index (χ3v) is 3.44. The molecule has 1 fully saturated rings. The monoisotopic (exact) mass is 220 g/mol. The number of aryl methyl sites for hydroxylation is 1. The number of anilines is 1. The van der Waals surface area contributed by atoms with E-state index in [1.165, 1.54) is 0 Å². The van der Waals surface area contributed by atoms with Crippen LogP contribution in [0.3, 0.4) is 0 Å². The van der Waals surface area contributed by atoms with Gasteiger partial charge in [-0.3, -0.25) is 4.98 Å². The summed E-state index contributed by atoms with van der Waals surface area (Å²) in [5.41, 5.74) is 6.95. The second-order valence-electron chi connectivity index (χ2n) is 4.65. The van der Waals surface area contributed by atoms with Gasteiger partial charge < -0.3 is 10.6 Å². The van der Waals surface area contributed by atoms with Crippen molar-refractivity contribution < 1.29 is 0 Å². The molecule has 4 heteroatoms. The molecule has 1 aliphatic heterocycles. The summed E-state index contributed by atoms with van der Waals surface area (Å²) in [5, 5.41) is 0. The Bertz CT molecular complexity index is 343. The van der Waals surface area contributed by atoms with Crippen LogP contribution in [0, 0.1) is 12.8 Å². The first-order chi connectivity index (χ1) is 7.68. The Morgan fingerprint density at radius 1 is 1.31 bits per heavy atom. The molecule has 0 radical (unpaired) electrons. The predicted octanol–water partition coefficient (Wildman–Crippen LogP) is 1.35. The van der Waals surface area contributed by atoms with Crippen LogP contribution in [0.5, 0.6) is 0 Å². The fourth-order valence-corrected chi connectivity index (χ4v) is 2.35. The zero-order valence-electron chi connectivity index (χ0n) is 10.1. The molecule has 0 bridgehead atoms. The van der Waals surface area contributed by atoms with Gasteiger partial charge >= 0.3 is 0 Å². The number of aromatic nitrogens is 2. The lowest BCUT2D eigenvalue weighted by molar-refractivity contribution is 0.353. The van der Waals surface area contributed by atoms with Crippen molar-refractivity contribution in [1.29, 1.82) is 0 Å². The van der Waals surface area contributed by atoms with E-state index in [9.17, 15) is 0 Å². The largest absolute Gasteiger partial charge is 0.355 e. The fourth-order valence-electron chi connectivity index (χ4n) is 2.35. The molecule has 0 aromatic carbocycles. The maximum Gasteiger partial charge on any atom is 0.150 e. The van der Waals surface area contributed by atoms with Gasteiger partial charge in [-0.05, 0) is 32.6 Å². The summed E-state index contributed by atoms with van der Waals surface area (Å²) in [7, 11) is 0. The van der Waals surface area contributed by atoms with Crippen LogP contribution in [0.2, 0.25) is 0 Å². The van der Waals surface area contributed by atoms with E-state index in [-0.39, 0.29) is 0 Å². The molecule has 1 aromatic rings. The lowest BCUT2D eigenvalue weighted by Gasteiger charge is -2.34. The topological polar surface area (TPSA) is 55.0 Å². The van der Waals surface area contributed by atoms with Crippen molar-refractivity contribution in [3.63, 3.8) is 0 Å². The number of nitrogens with two attached hydrogens (primary N) is 1. The lowest BCUT2D eigenvalue weighted by Crippen LogP contribution is -2.40. The highest BCUT2D eigenvalue weighted by molar-refractivity contribution is 5.42. The first-order valence-corrected chi connectivity index (χ1v) is 5.96. The Morgan fingerprint density at radius 3 is 2.50 bits per heavy atom. The molecule has 0 amide bonds. The van der Waals surface area contributed by atoms with Crippen molar-refractivity contribution in [2.45, 2.75) is 32.7 Å². The molecule has 2 N–H and O–H groups in total. The second kappa shape index (κ2) is 4.78. The van der Waals surface area contributed by atoms with Crippen molar-refractivity contribution >= 4 is 5.82 Å². The van der Waals surface area contributed by atoms with Crippen LogP contribution >= 0.6 is 0 Å². The number of nitrogens with zero attached hydrogens (tertiary/aromatic N) is 3. The van der Waals surface area contributed by atoms with Crippen LogP contribution in [-0.4, -0.2) is 29.1 Å². The molecule has 0 saturated carbocycles.